The molecular weight excluding hydrogens is 440 g/mol. The van der Waals surface area contributed by atoms with Crippen LogP contribution in [0, 0.1) is 0 Å². The van der Waals surface area contributed by atoms with Gasteiger partial charge in [-0.15, -0.1) is 0 Å². The van der Waals surface area contributed by atoms with Gasteiger partial charge in [0.25, 0.3) is 0 Å². The first-order valence-corrected chi connectivity index (χ1v) is 12.1. The number of hydrogen-bond acceptors (Lipinski definition) is 8. The van der Waals surface area contributed by atoms with Gasteiger partial charge in [0.1, 0.15) is 11.6 Å². The number of methoxy groups -OCH3 is 1. The van der Waals surface area contributed by atoms with Crippen molar-refractivity contribution < 1.29 is 4.74 Å². The SMILES string of the molecule is COc1ccc(CN2CCc3n[nH]c4nc(Nc5ccc(N6CCN(C)CC6)cc5)nc2c34)cc1. The molecule has 0 bridgehead atoms. The molecule has 4 heterocycles. The second kappa shape index (κ2) is 9.07. The number of hydrogen-bond donors (Lipinski definition) is 2. The van der Waals surface area contributed by atoms with Crippen molar-refractivity contribution in [3.05, 3.63) is 59.8 Å². The quantitative estimate of drug-likeness (QED) is 0.443. The van der Waals surface area contributed by atoms with Crippen molar-refractivity contribution >= 4 is 34.2 Å². The molecule has 4 aromatic rings. The van der Waals surface area contributed by atoms with E-state index < -0.39 is 0 Å². The Labute approximate surface area is 204 Å². The lowest BCUT2D eigenvalue weighted by atomic mass is 10.1. The van der Waals surface area contributed by atoms with Gasteiger partial charge in [0.05, 0.1) is 18.2 Å². The lowest BCUT2D eigenvalue weighted by molar-refractivity contribution is 0.313. The highest BCUT2D eigenvalue weighted by molar-refractivity contribution is 5.92. The van der Waals surface area contributed by atoms with Crippen LogP contribution < -0.4 is 19.9 Å². The second-order valence-electron chi connectivity index (χ2n) is 9.25. The van der Waals surface area contributed by atoms with E-state index in [2.05, 4.69) is 73.7 Å². The zero-order valence-electron chi connectivity index (χ0n) is 20.2. The first-order valence-electron chi connectivity index (χ1n) is 12.1. The van der Waals surface area contributed by atoms with E-state index in [-0.39, 0.29) is 0 Å². The molecule has 0 radical (unpaired) electrons. The lowest BCUT2D eigenvalue weighted by Crippen LogP contribution is -2.44. The van der Waals surface area contributed by atoms with E-state index in [9.17, 15) is 0 Å². The number of piperazine rings is 1. The number of nitrogens with one attached hydrogen (secondary N) is 2. The Hall–Kier alpha value is -3.85. The standard InChI is InChI=1S/C26H30N8O/c1-32-13-15-33(16-14-32)20-7-5-19(6-8-20)27-26-28-24-23-22(30-31-24)11-12-34(25(23)29-26)17-18-3-9-21(35-2)10-4-18/h3-10H,11-17H2,1-2H3,(H2,27,28,29,30,31). The van der Waals surface area contributed by atoms with E-state index in [1.807, 2.05) is 12.1 Å². The minimum Gasteiger partial charge on any atom is -0.497 e. The smallest absolute Gasteiger partial charge is 0.231 e. The first-order chi connectivity index (χ1) is 17.2. The van der Waals surface area contributed by atoms with Crippen LogP contribution in [0.4, 0.5) is 23.1 Å². The van der Waals surface area contributed by atoms with E-state index >= 15 is 0 Å². The average Bonchev–Trinajstić information content (AvgIpc) is 3.31. The molecule has 2 N–H and O–H groups in total. The molecule has 1 fully saturated rings. The summed E-state index contributed by atoms with van der Waals surface area (Å²) in [4.78, 5) is 16.8. The summed E-state index contributed by atoms with van der Waals surface area (Å²) in [5.41, 5.74) is 5.22. The highest BCUT2D eigenvalue weighted by Crippen LogP contribution is 2.33. The minimum absolute atomic E-state index is 0.566. The number of anilines is 4. The largest absolute Gasteiger partial charge is 0.497 e. The number of likely N-dealkylation sites (N-methyl/N-ethyl adjacent to an activating group) is 1. The van der Waals surface area contributed by atoms with Crippen molar-refractivity contribution in [2.75, 3.05) is 62.0 Å². The van der Waals surface area contributed by atoms with Crippen LogP contribution in [0.1, 0.15) is 11.3 Å². The van der Waals surface area contributed by atoms with Crippen molar-refractivity contribution in [3.63, 3.8) is 0 Å². The van der Waals surface area contributed by atoms with Gasteiger partial charge >= 0.3 is 0 Å². The summed E-state index contributed by atoms with van der Waals surface area (Å²) in [6, 6.07) is 16.7. The molecule has 2 aliphatic rings. The summed E-state index contributed by atoms with van der Waals surface area (Å²) in [5.74, 6) is 2.34. The summed E-state index contributed by atoms with van der Waals surface area (Å²) in [6.45, 7) is 5.91. The predicted molar refractivity (Wildman–Crippen MR) is 139 cm³/mol. The van der Waals surface area contributed by atoms with Gasteiger partial charge in [0.2, 0.25) is 5.95 Å². The monoisotopic (exact) mass is 470 g/mol. The fraction of sp³-hybridized carbons (Fsp3) is 0.346. The van der Waals surface area contributed by atoms with Crippen molar-refractivity contribution in [1.82, 2.24) is 25.1 Å². The van der Waals surface area contributed by atoms with Crippen LogP contribution in [-0.4, -0.2) is 71.9 Å². The van der Waals surface area contributed by atoms with E-state index in [1.165, 1.54) is 11.3 Å². The maximum absolute atomic E-state index is 5.30. The number of rotatable bonds is 6. The first kappa shape index (κ1) is 21.7. The van der Waals surface area contributed by atoms with Crippen LogP contribution in [0.2, 0.25) is 0 Å². The molecule has 1 saturated heterocycles. The third-order valence-corrected chi connectivity index (χ3v) is 6.92. The van der Waals surface area contributed by atoms with Gasteiger partial charge in [0.15, 0.2) is 5.65 Å². The van der Waals surface area contributed by atoms with Crippen LogP contribution in [0.25, 0.3) is 11.0 Å². The molecule has 0 saturated carbocycles. The van der Waals surface area contributed by atoms with Crippen molar-refractivity contribution in [2.45, 2.75) is 13.0 Å². The highest BCUT2D eigenvalue weighted by Gasteiger charge is 2.25. The Morgan fingerprint density at radius 2 is 1.71 bits per heavy atom. The molecule has 0 amide bonds. The maximum atomic E-state index is 5.30. The molecule has 2 aromatic heterocycles. The summed E-state index contributed by atoms with van der Waals surface area (Å²) >= 11 is 0. The van der Waals surface area contributed by atoms with Gasteiger partial charge in [-0.05, 0) is 49.0 Å². The van der Waals surface area contributed by atoms with Gasteiger partial charge in [-0.1, -0.05) is 12.1 Å². The van der Waals surface area contributed by atoms with Crippen LogP contribution in [0.5, 0.6) is 5.75 Å². The molecule has 35 heavy (non-hydrogen) atoms. The molecule has 2 aromatic carbocycles. The summed E-state index contributed by atoms with van der Waals surface area (Å²) in [7, 11) is 3.86. The van der Waals surface area contributed by atoms with Crippen LogP contribution in [0.3, 0.4) is 0 Å². The topological polar surface area (TPSA) is 85.4 Å². The molecule has 2 aliphatic heterocycles. The Morgan fingerprint density at radius 3 is 2.46 bits per heavy atom. The maximum Gasteiger partial charge on any atom is 0.231 e. The highest BCUT2D eigenvalue weighted by atomic mass is 16.5. The third-order valence-electron chi connectivity index (χ3n) is 6.92. The van der Waals surface area contributed by atoms with Crippen LogP contribution in [0.15, 0.2) is 48.5 Å². The lowest BCUT2D eigenvalue weighted by Gasteiger charge is -2.34. The molecule has 6 rings (SSSR count). The molecule has 0 unspecified atom stereocenters. The number of H-pyrrole nitrogens is 1. The molecule has 0 spiro atoms. The summed E-state index contributed by atoms with van der Waals surface area (Å²) < 4.78 is 5.30. The summed E-state index contributed by atoms with van der Waals surface area (Å²) in [5, 5.41) is 12.0. The van der Waals surface area contributed by atoms with Crippen LogP contribution in [-0.2, 0) is 13.0 Å². The van der Waals surface area contributed by atoms with E-state index in [1.54, 1.807) is 7.11 Å². The van der Waals surface area contributed by atoms with Gasteiger partial charge in [-0.3, -0.25) is 5.10 Å². The Bertz CT molecular complexity index is 1310. The van der Waals surface area contributed by atoms with Gasteiger partial charge in [0, 0.05) is 57.1 Å². The zero-order valence-corrected chi connectivity index (χ0v) is 20.2. The Kier molecular flexibility index (Phi) is 5.61. The van der Waals surface area contributed by atoms with E-state index in [0.717, 1.165) is 79.7 Å². The molecule has 9 heteroatoms. The number of aromatic amines is 1. The van der Waals surface area contributed by atoms with E-state index in [0.29, 0.717) is 5.95 Å². The number of aromatic nitrogens is 4. The van der Waals surface area contributed by atoms with Crippen molar-refractivity contribution in [1.29, 1.82) is 0 Å². The van der Waals surface area contributed by atoms with E-state index in [4.69, 9.17) is 14.7 Å². The molecule has 180 valence electrons. The summed E-state index contributed by atoms with van der Waals surface area (Å²) in [6.07, 6.45) is 0.868. The second-order valence-corrected chi connectivity index (χ2v) is 9.25. The van der Waals surface area contributed by atoms with Crippen molar-refractivity contribution in [2.24, 2.45) is 0 Å². The number of ether oxygens (including phenoxy) is 1. The fourth-order valence-electron chi connectivity index (χ4n) is 4.84. The minimum atomic E-state index is 0.566. The Morgan fingerprint density at radius 1 is 0.943 bits per heavy atom. The Balaban J connectivity index is 1.24. The van der Waals surface area contributed by atoms with Gasteiger partial charge < -0.3 is 24.8 Å². The molecule has 9 nitrogen and oxygen atoms in total. The number of benzene rings is 2. The average molecular weight is 471 g/mol. The zero-order chi connectivity index (χ0) is 23.8. The predicted octanol–water partition coefficient (Wildman–Crippen LogP) is 3.42. The molecular formula is C26H30N8O. The third kappa shape index (κ3) is 4.35. The van der Waals surface area contributed by atoms with Crippen LogP contribution >= 0.6 is 0 Å². The number of nitrogens with zero attached hydrogens (tertiary/aromatic N) is 6. The molecule has 0 aliphatic carbocycles. The van der Waals surface area contributed by atoms with Crippen molar-refractivity contribution in [3.8, 4) is 5.75 Å². The van der Waals surface area contributed by atoms with Gasteiger partial charge in [-0.25, -0.2) is 0 Å². The fourth-order valence-corrected chi connectivity index (χ4v) is 4.84. The molecule has 0 atom stereocenters. The van der Waals surface area contributed by atoms with Gasteiger partial charge in [-0.2, -0.15) is 15.1 Å². The normalized spacial score (nSPS) is 16.1.